The summed E-state index contributed by atoms with van der Waals surface area (Å²) >= 11 is 0. The van der Waals surface area contributed by atoms with Gasteiger partial charge in [-0.05, 0) is 29.1 Å². The van der Waals surface area contributed by atoms with E-state index < -0.39 is 13.1 Å². The highest BCUT2D eigenvalue weighted by atomic mass is 16.5. The molecule has 0 amide bonds. The Balaban J connectivity index is 2.58. The van der Waals surface area contributed by atoms with Crippen LogP contribution < -0.4 is 5.46 Å². The van der Waals surface area contributed by atoms with Crippen molar-refractivity contribution in [3.63, 3.8) is 0 Å². The first-order valence-electron chi connectivity index (χ1n) is 5.32. The highest BCUT2D eigenvalue weighted by molar-refractivity contribution is 6.62. The molecule has 0 unspecified atom stereocenters. The molecule has 0 aromatic heterocycles. The Hall–Kier alpha value is -1.33. The fourth-order valence-corrected chi connectivity index (χ4v) is 2.12. The highest BCUT2D eigenvalue weighted by Crippen LogP contribution is 2.18. The van der Waals surface area contributed by atoms with Crippen molar-refractivity contribution in [2.24, 2.45) is 0 Å². The lowest BCUT2D eigenvalue weighted by molar-refractivity contribution is 0.0696. The van der Waals surface area contributed by atoms with Gasteiger partial charge in [0.1, 0.15) is 0 Å². The summed E-state index contributed by atoms with van der Waals surface area (Å²) in [6.45, 7) is 2.33. The first-order valence-corrected chi connectivity index (χ1v) is 5.32. The molecule has 0 fully saturated rings. The maximum atomic E-state index is 11.1. The summed E-state index contributed by atoms with van der Waals surface area (Å²) in [6, 6.07) is 3.31. The predicted molar refractivity (Wildman–Crippen MR) is 59.8 cm³/mol. The van der Waals surface area contributed by atoms with Crippen molar-refractivity contribution in [3.05, 3.63) is 28.8 Å². The number of hydrogen-bond acceptors (Lipinski definition) is 3. The van der Waals surface area contributed by atoms with Crippen LogP contribution in [-0.4, -0.2) is 23.2 Å². The number of hydrogen-bond donors (Lipinski definition) is 2. The molecule has 2 rings (SSSR count). The van der Waals surface area contributed by atoms with E-state index in [2.05, 4.69) is 0 Å². The Morgan fingerprint density at radius 2 is 2.31 bits per heavy atom. The van der Waals surface area contributed by atoms with Crippen LogP contribution in [0, 0.1) is 0 Å². The molecule has 0 saturated heterocycles. The second-order valence-electron chi connectivity index (χ2n) is 3.88. The molecule has 0 saturated carbocycles. The average Bonchev–Trinajstić information content (AvgIpc) is 2.61. The minimum Gasteiger partial charge on any atom is -0.478 e. The maximum absolute atomic E-state index is 11.1. The first-order chi connectivity index (χ1) is 7.65. The normalized spacial score (nSPS) is 14.0. The highest BCUT2D eigenvalue weighted by Gasteiger charge is 2.32. The number of benzene rings is 1. The van der Waals surface area contributed by atoms with Crippen LogP contribution in [0.1, 0.15) is 34.8 Å². The molecule has 5 heteroatoms. The monoisotopic (exact) mass is 220 g/mol. The molecule has 0 spiro atoms. The zero-order valence-electron chi connectivity index (χ0n) is 9.06. The summed E-state index contributed by atoms with van der Waals surface area (Å²) in [6.07, 6.45) is 1.48. The van der Waals surface area contributed by atoms with E-state index in [-0.39, 0.29) is 5.56 Å². The topological polar surface area (TPSA) is 66.8 Å². The Kier molecular flexibility index (Phi) is 2.98. The molecule has 84 valence electrons. The molecular weight excluding hydrogens is 207 g/mol. The second kappa shape index (κ2) is 4.27. The fraction of sp³-hybridized carbons (Fsp3) is 0.364. The van der Waals surface area contributed by atoms with Crippen LogP contribution in [-0.2, 0) is 17.7 Å². The van der Waals surface area contributed by atoms with Gasteiger partial charge in [-0.15, -0.1) is 0 Å². The van der Waals surface area contributed by atoms with Crippen molar-refractivity contribution in [2.45, 2.75) is 26.4 Å². The van der Waals surface area contributed by atoms with E-state index in [1.165, 1.54) is 0 Å². The number of fused-ring (bicyclic) bond motifs is 1. The Morgan fingerprint density at radius 1 is 1.56 bits per heavy atom. The van der Waals surface area contributed by atoms with Crippen molar-refractivity contribution in [2.75, 3.05) is 0 Å². The molecule has 0 radical (unpaired) electrons. The summed E-state index contributed by atoms with van der Waals surface area (Å²) in [5.41, 5.74) is 2.52. The number of rotatable bonds is 3. The second-order valence-corrected chi connectivity index (χ2v) is 3.88. The molecule has 2 N–H and O–H groups in total. The van der Waals surface area contributed by atoms with Gasteiger partial charge in [-0.2, -0.15) is 0 Å². The van der Waals surface area contributed by atoms with E-state index in [0.717, 1.165) is 12.0 Å². The lowest BCUT2D eigenvalue weighted by Gasteiger charge is -2.10. The minimum absolute atomic E-state index is 0.269. The van der Waals surface area contributed by atoms with Crippen LogP contribution in [0.4, 0.5) is 0 Å². The Bertz CT molecular complexity index is 430. The molecule has 1 aliphatic heterocycles. The summed E-state index contributed by atoms with van der Waals surface area (Å²) in [5, 5.41) is 18.8. The van der Waals surface area contributed by atoms with Crippen molar-refractivity contribution in [1.82, 2.24) is 0 Å². The molecule has 0 atom stereocenters. The molecule has 1 aliphatic rings. The van der Waals surface area contributed by atoms with Gasteiger partial charge < -0.3 is 14.8 Å². The quantitative estimate of drug-likeness (QED) is 0.730. The van der Waals surface area contributed by atoms with Crippen molar-refractivity contribution in [3.8, 4) is 0 Å². The third-order valence-corrected chi connectivity index (χ3v) is 2.82. The molecule has 0 bridgehead atoms. The van der Waals surface area contributed by atoms with E-state index in [1.807, 2.05) is 6.92 Å². The van der Waals surface area contributed by atoms with E-state index >= 15 is 0 Å². The van der Waals surface area contributed by atoms with Gasteiger partial charge in [0, 0.05) is 0 Å². The van der Waals surface area contributed by atoms with Crippen LogP contribution >= 0.6 is 0 Å². The van der Waals surface area contributed by atoms with E-state index in [4.69, 9.17) is 9.76 Å². The fourth-order valence-electron chi connectivity index (χ4n) is 2.12. The van der Waals surface area contributed by atoms with Crippen LogP contribution in [0.25, 0.3) is 0 Å². The average molecular weight is 220 g/mol. The SMILES string of the molecule is CCCc1c(C(=O)O)ccc2c1B(O)OC2. The van der Waals surface area contributed by atoms with Gasteiger partial charge in [-0.1, -0.05) is 19.4 Å². The van der Waals surface area contributed by atoms with Crippen molar-refractivity contribution < 1.29 is 19.6 Å². The number of aromatic carboxylic acids is 1. The van der Waals surface area contributed by atoms with Crippen LogP contribution in [0.5, 0.6) is 0 Å². The van der Waals surface area contributed by atoms with Gasteiger partial charge >= 0.3 is 13.1 Å². The lowest BCUT2D eigenvalue weighted by atomic mass is 9.74. The van der Waals surface area contributed by atoms with Crippen molar-refractivity contribution in [1.29, 1.82) is 0 Å². The van der Waals surface area contributed by atoms with Gasteiger partial charge in [0.05, 0.1) is 12.2 Å². The number of carboxylic acids is 1. The predicted octanol–water partition coefficient (Wildman–Crippen LogP) is 0.555. The molecule has 1 heterocycles. The molecule has 4 nitrogen and oxygen atoms in total. The maximum Gasteiger partial charge on any atom is 0.492 e. The summed E-state index contributed by atoms with van der Waals surface area (Å²) in [7, 11) is -0.976. The summed E-state index contributed by atoms with van der Waals surface area (Å²) in [4.78, 5) is 11.1. The van der Waals surface area contributed by atoms with Gasteiger partial charge in [-0.25, -0.2) is 4.79 Å². The molecule has 1 aromatic carbocycles. The molecule has 0 aliphatic carbocycles. The van der Waals surface area contributed by atoms with E-state index in [9.17, 15) is 9.82 Å². The minimum atomic E-state index is -0.976. The zero-order chi connectivity index (χ0) is 11.7. The largest absolute Gasteiger partial charge is 0.492 e. The number of carboxylic acid groups (broad SMARTS) is 1. The summed E-state index contributed by atoms with van der Waals surface area (Å²) < 4.78 is 5.11. The van der Waals surface area contributed by atoms with Crippen molar-refractivity contribution >= 4 is 18.6 Å². The first kappa shape index (κ1) is 11.2. The summed E-state index contributed by atoms with van der Waals surface area (Å²) in [5.74, 6) is -0.953. The molecular formula is C11H13BO4. The Morgan fingerprint density at radius 3 is 2.94 bits per heavy atom. The van der Waals surface area contributed by atoms with Crippen LogP contribution in [0.2, 0.25) is 0 Å². The number of carbonyl (C=O) groups is 1. The van der Waals surface area contributed by atoms with Crippen LogP contribution in [0.15, 0.2) is 12.1 Å². The van der Waals surface area contributed by atoms with Gasteiger partial charge in [0.25, 0.3) is 0 Å². The standard InChI is InChI=1S/C11H13BO4/c1-2-3-8-9(11(13)14)5-4-7-6-16-12(15)10(7)8/h4-5,15H,2-3,6H2,1H3,(H,13,14). The zero-order valence-corrected chi connectivity index (χ0v) is 9.06. The third-order valence-electron chi connectivity index (χ3n) is 2.82. The van der Waals surface area contributed by atoms with Gasteiger partial charge in [0.15, 0.2) is 0 Å². The van der Waals surface area contributed by atoms with Gasteiger partial charge in [-0.3, -0.25) is 0 Å². The van der Waals surface area contributed by atoms with E-state index in [1.54, 1.807) is 12.1 Å². The Labute approximate surface area is 94.0 Å². The van der Waals surface area contributed by atoms with Gasteiger partial charge in [0.2, 0.25) is 0 Å². The molecule has 16 heavy (non-hydrogen) atoms. The third kappa shape index (κ3) is 1.72. The molecule has 1 aromatic rings. The lowest BCUT2D eigenvalue weighted by Crippen LogP contribution is -2.33. The van der Waals surface area contributed by atoms with E-state index in [0.29, 0.717) is 24.1 Å². The smallest absolute Gasteiger partial charge is 0.478 e. The van der Waals surface area contributed by atoms with Crippen LogP contribution in [0.3, 0.4) is 0 Å².